The lowest BCUT2D eigenvalue weighted by Gasteiger charge is -2.17. The van der Waals surface area contributed by atoms with Crippen molar-refractivity contribution in [3.05, 3.63) is 76.4 Å². The molecule has 0 aromatic heterocycles. The maximum atomic E-state index is 13.8. The first-order valence-corrected chi connectivity index (χ1v) is 11.3. The summed E-state index contributed by atoms with van der Waals surface area (Å²) in [6.45, 7) is 0.855. The van der Waals surface area contributed by atoms with Gasteiger partial charge in [-0.2, -0.15) is 0 Å². The van der Waals surface area contributed by atoms with Crippen LogP contribution in [-0.2, 0) is 20.9 Å². The summed E-state index contributed by atoms with van der Waals surface area (Å²) in [6.07, 6.45) is 1.48. The summed E-state index contributed by atoms with van der Waals surface area (Å²) in [5, 5.41) is 2.25. The molecule has 0 unspecified atom stereocenters. The van der Waals surface area contributed by atoms with Gasteiger partial charge in [-0.05, 0) is 29.5 Å². The molecule has 2 heterocycles. The molecule has 1 atom stereocenters. The minimum Gasteiger partial charge on any atom is -0.354 e. The fraction of sp³-hybridized carbons (Fsp3) is 0.250. The highest BCUT2D eigenvalue weighted by Crippen LogP contribution is 2.32. The van der Waals surface area contributed by atoms with Gasteiger partial charge in [-0.1, -0.05) is 48.5 Å². The van der Waals surface area contributed by atoms with Crippen molar-refractivity contribution in [1.82, 2.24) is 15.1 Å². The summed E-state index contributed by atoms with van der Waals surface area (Å²) in [5.41, 5.74) is 1.22. The van der Waals surface area contributed by atoms with Crippen molar-refractivity contribution >= 4 is 40.8 Å². The normalized spacial score (nSPS) is 19.6. The van der Waals surface area contributed by atoms with E-state index in [9.17, 15) is 23.6 Å². The van der Waals surface area contributed by atoms with Crippen LogP contribution in [0.5, 0.6) is 0 Å². The van der Waals surface area contributed by atoms with Crippen LogP contribution in [-0.4, -0.2) is 52.4 Å². The molecule has 2 aromatic rings. The quantitative estimate of drug-likeness (QED) is 0.633. The maximum absolute atomic E-state index is 13.8. The van der Waals surface area contributed by atoms with Gasteiger partial charge in [-0.3, -0.25) is 24.1 Å². The summed E-state index contributed by atoms with van der Waals surface area (Å²) < 4.78 is 13.8. The van der Waals surface area contributed by atoms with Gasteiger partial charge >= 0.3 is 0 Å². The highest BCUT2D eigenvalue weighted by Gasteiger charge is 2.36. The Bertz CT molecular complexity index is 1120. The van der Waals surface area contributed by atoms with Crippen molar-refractivity contribution in [1.29, 1.82) is 0 Å². The number of imide groups is 1. The molecule has 1 N–H and O–H groups in total. The topological polar surface area (TPSA) is 86.8 Å². The molecule has 33 heavy (non-hydrogen) atoms. The van der Waals surface area contributed by atoms with Crippen molar-refractivity contribution in [3.8, 4) is 0 Å². The Morgan fingerprint density at radius 1 is 1.09 bits per heavy atom. The Hall–Kier alpha value is -3.46. The van der Waals surface area contributed by atoms with Gasteiger partial charge in [0.25, 0.3) is 11.1 Å². The average Bonchev–Trinajstić information content (AvgIpc) is 3.30. The van der Waals surface area contributed by atoms with Crippen molar-refractivity contribution < 1.29 is 23.6 Å². The van der Waals surface area contributed by atoms with Gasteiger partial charge in [0.1, 0.15) is 5.82 Å². The number of amides is 4. The summed E-state index contributed by atoms with van der Waals surface area (Å²) in [6, 6.07) is 15.5. The molecule has 0 aliphatic carbocycles. The number of hydrogen-bond acceptors (Lipinski definition) is 5. The molecule has 2 aliphatic heterocycles. The lowest BCUT2D eigenvalue weighted by atomic mass is 10.1. The van der Waals surface area contributed by atoms with Crippen molar-refractivity contribution in [3.63, 3.8) is 0 Å². The Kier molecular flexibility index (Phi) is 6.88. The number of carbonyl (C=O) groups excluding carboxylic acids is 4. The van der Waals surface area contributed by atoms with Gasteiger partial charge in [0, 0.05) is 38.2 Å². The van der Waals surface area contributed by atoms with E-state index in [1.165, 1.54) is 18.2 Å². The lowest BCUT2D eigenvalue weighted by molar-refractivity contribution is -0.129. The third-order valence-electron chi connectivity index (χ3n) is 5.50. The standard InChI is InChI=1S/C24H22FN3O4S/c25-19-9-5-4-8-17(19)12-20-23(31)28(24(32)33-20)11-10-26-22(30)18-13-21(29)27(15-18)14-16-6-2-1-3-7-16/h1-9,12,18H,10-11,13-15H2,(H,26,30)/b20-12-/t18-/m0/s1. The predicted molar refractivity (Wildman–Crippen MR) is 122 cm³/mol. The van der Waals surface area contributed by atoms with Crippen LogP contribution >= 0.6 is 11.8 Å². The zero-order valence-corrected chi connectivity index (χ0v) is 18.5. The van der Waals surface area contributed by atoms with Gasteiger partial charge in [0.05, 0.1) is 10.8 Å². The second kappa shape index (κ2) is 9.99. The number of benzene rings is 2. The summed E-state index contributed by atoms with van der Waals surface area (Å²) in [5.74, 6) is -1.84. The molecular weight excluding hydrogens is 445 g/mol. The highest BCUT2D eigenvalue weighted by atomic mass is 32.2. The fourth-order valence-electron chi connectivity index (χ4n) is 3.77. The molecule has 0 spiro atoms. The fourth-order valence-corrected chi connectivity index (χ4v) is 4.62. The molecule has 4 amide bonds. The van der Waals surface area contributed by atoms with Crippen LogP contribution in [0.3, 0.4) is 0 Å². The third kappa shape index (κ3) is 5.31. The summed E-state index contributed by atoms with van der Waals surface area (Å²) in [4.78, 5) is 52.4. The van der Waals surface area contributed by atoms with Crippen LogP contribution in [0.1, 0.15) is 17.5 Å². The van der Waals surface area contributed by atoms with Crippen molar-refractivity contribution in [2.75, 3.05) is 19.6 Å². The molecule has 0 saturated carbocycles. The van der Waals surface area contributed by atoms with Crippen LogP contribution in [0.4, 0.5) is 9.18 Å². The van der Waals surface area contributed by atoms with E-state index in [1.54, 1.807) is 17.0 Å². The molecule has 170 valence electrons. The van der Waals surface area contributed by atoms with E-state index in [1.807, 2.05) is 30.3 Å². The first-order valence-electron chi connectivity index (χ1n) is 10.5. The molecule has 9 heteroatoms. The first-order chi connectivity index (χ1) is 15.9. The minimum absolute atomic E-state index is 0.000581. The highest BCUT2D eigenvalue weighted by molar-refractivity contribution is 8.18. The number of halogens is 1. The van der Waals surface area contributed by atoms with Crippen molar-refractivity contribution in [2.24, 2.45) is 5.92 Å². The monoisotopic (exact) mass is 467 g/mol. The van der Waals surface area contributed by atoms with Gasteiger partial charge in [0.15, 0.2) is 0 Å². The number of rotatable bonds is 7. The predicted octanol–water partition coefficient (Wildman–Crippen LogP) is 3.03. The third-order valence-corrected chi connectivity index (χ3v) is 6.41. The molecule has 0 radical (unpaired) electrons. The van der Waals surface area contributed by atoms with E-state index >= 15 is 0 Å². The average molecular weight is 468 g/mol. The number of nitrogens with one attached hydrogen (secondary N) is 1. The number of nitrogens with zero attached hydrogens (tertiary/aromatic N) is 2. The molecule has 2 aliphatic rings. The van der Waals surface area contributed by atoms with Crippen LogP contribution in [0.25, 0.3) is 6.08 Å². The molecular formula is C24H22FN3O4S. The molecule has 4 rings (SSSR count). The number of thioether (sulfide) groups is 1. The molecule has 2 aromatic carbocycles. The molecule has 2 saturated heterocycles. The van der Waals surface area contributed by atoms with E-state index < -0.39 is 22.9 Å². The molecule has 2 fully saturated rings. The number of hydrogen-bond donors (Lipinski definition) is 1. The van der Waals surface area contributed by atoms with Crippen LogP contribution in [0.2, 0.25) is 0 Å². The minimum atomic E-state index is -0.521. The second-order valence-electron chi connectivity index (χ2n) is 7.81. The van der Waals surface area contributed by atoms with Gasteiger partial charge in [0.2, 0.25) is 11.8 Å². The van der Waals surface area contributed by atoms with E-state index in [4.69, 9.17) is 0 Å². The SMILES string of the molecule is O=C(NCCN1C(=O)S/C(=C\c2ccccc2F)C1=O)[C@H]1CC(=O)N(Cc2ccccc2)C1. The van der Waals surface area contributed by atoms with E-state index in [0.29, 0.717) is 13.1 Å². The van der Waals surface area contributed by atoms with E-state index in [0.717, 1.165) is 22.2 Å². The van der Waals surface area contributed by atoms with Gasteiger partial charge in [-0.15, -0.1) is 0 Å². The summed E-state index contributed by atoms with van der Waals surface area (Å²) in [7, 11) is 0. The zero-order valence-electron chi connectivity index (χ0n) is 17.7. The molecule has 0 bridgehead atoms. The van der Waals surface area contributed by atoms with Gasteiger partial charge < -0.3 is 10.2 Å². The van der Waals surface area contributed by atoms with Crippen LogP contribution < -0.4 is 5.32 Å². The first kappa shape index (κ1) is 22.7. The van der Waals surface area contributed by atoms with Gasteiger partial charge in [-0.25, -0.2) is 4.39 Å². The zero-order chi connectivity index (χ0) is 23.4. The van der Waals surface area contributed by atoms with E-state index in [-0.39, 0.29) is 41.8 Å². The maximum Gasteiger partial charge on any atom is 0.293 e. The van der Waals surface area contributed by atoms with E-state index in [2.05, 4.69) is 5.32 Å². The number of carbonyl (C=O) groups is 4. The lowest BCUT2D eigenvalue weighted by Crippen LogP contribution is -2.40. The Balaban J connectivity index is 1.28. The number of likely N-dealkylation sites (tertiary alicyclic amines) is 1. The second-order valence-corrected chi connectivity index (χ2v) is 8.80. The van der Waals surface area contributed by atoms with Crippen LogP contribution in [0.15, 0.2) is 59.5 Å². The largest absolute Gasteiger partial charge is 0.354 e. The van der Waals surface area contributed by atoms with Crippen molar-refractivity contribution in [2.45, 2.75) is 13.0 Å². The Labute approximate surface area is 194 Å². The smallest absolute Gasteiger partial charge is 0.293 e. The Morgan fingerprint density at radius 3 is 2.58 bits per heavy atom. The Morgan fingerprint density at radius 2 is 1.82 bits per heavy atom. The molecule has 7 nitrogen and oxygen atoms in total. The summed E-state index contributed by atoms with van der Waals surface area (Å²) >= 11 is 0.739. The van der Waals surface area contributed by atoms with Crippen LogP contribution in [0, 0.1) is 11.7 Å².